The molecule has 0 bridgehead atoms. The Kier molecular flexibility index (Phi) is 4.51. The highest BCUT2D eigenvalue weighted by molar-refractivity contribution is 6.31. The summed E-state index contributed by atoms with van der Waals surface area (Å²) in [6, 6.07) is 4.95. The third-order valence-corrected chi connectivity index (χ3v) is 2.33. The summed E-state index contributed by atoms with van der Waals surface area (Å²) in [6.07, 6.45) is 0. The van der Waals surface area contributed by atoms with Crippen LogP contribution in [-0.4, -0.2) is 11.5 Å². The zero-order chi connectivity index (χ0) is 13.1. The van der Waals surface area contributed by atoms with Crippen LogP contribution in [-0.2, 0) is 11.4 Å². The number of carbonyl (C=O) groups excluding carboxylic acids is 1. The number of primary amides is 1. The monoisotopic (exact) mass is 256 g/mol. The molecule has 5 heteroatoms. The number of carbonyl (C=O) groups is 1. The Bertz CT molecular complexity index is 413. The molecule has 0 heterocycles. The molecular formula is C12H17ClN2O2. The first-order valence-corrected chi connectivity index (χ1v) is 5.66. The van der Waals surface area contributed by atoms with Gasteiger partial charge in [0, 0.05) is 17.1 Å². The first kappa shape index (κ1) is 14.0. The Hall–Kier alpha value is -1.10. The summed E-state index contributed by atoms with van der Waals surface area (Å²) in [5.41, 5.74) is 8.96. The molecule has 1 aromatic rings. The zero-order valence-corrected chi connectivity index (χ0v) is 11.0. The number of hydroxylamine groups is 1. The minimum atomic E-state index is -0.489. The maximum absolute atomic E-state index is 10.9. The predicted molar refractivity (Wildman–Crippen MR) is 67.6 cm³/mol. The van der Waals surface area contributed by atoms with Gasteiger partial charge in [-0.3, -0.25) is 9.63 Å². The lowest BCUT2D eigenvalue weighted by Gasteiger charge is -2.19. The van der Waals surface area contributed by atoms with E-state index in [2.05, 4.69) is 5.48 Å². The summed E-state index contributed by atoms with van der Waals surface area (Å²) in [7, 11) is 0. The van der Waals surface area contributed by atoms with E-state index in [9.17, 15) is 4.79 Å². The van der Waals surface area contributed by atoms with Crippen molar-refractivity contribution in [1.29, 1.82) is 0 Å². The summed E-state index contributed by atoms with van der Waals surface area (Å²) >= 11 is 6.02. The minimum absolute atomic E-state index is 0.264. The van der Waals surface area contributed by atoms with Crippen molar-refractivity contribution in [3.63, 3.8) is 0 Å². The van der Waals surface area contributed by atoms with Gasteiger partial charge in [0.2, 0.25) is 5.91 Å². The fourth-order valence-corrected chi connectivity index (χ4v) is 1.42. The van der Waals surface area contributed by atoms with Crippen molar-refractivity contribution in [3.05, 3.63) is 34.3 Å². The van der Waals surface area contributed by atoms with Crippen molar-refractivity contribution in [1.82, 2.24) is 5.48 Å². The SMILES string of the molecule is CC(C)(C)ONCc1ccc(C(N)=O)cc1Cl. The Morgan fingerprint density at radius 1 is 1.47 bits per heavy atom. The molecule has 0 aromatic heterocycles. The first-order valence-electron chi connectivity index (χ1n) is 5.29. The average molecular weight is 257 g/mol. The number of nitrogens with one attached hydrogen (secondary N) is 1. The topological polar surface area (TPSA) is 64.3 Å². The van der Waals surface area contributed by atoms with Crippen molar-refractivity contribution < 1.29 is 9.63 Å². The number of hydrogen-bond acceptors (Lipinski definition) is 3. The number of nitrogens with two attached hydrogens (primary N) is 1. The number of halogens is 1. The lowest BCUT2D eigenvalue weighted by atomic mass is 10.1. The molecule has 0 aliphatic carbocycles. The van der Waals surface area contributed by atoms with E-state index < -0.39 is 5.91 Å². The molecule has 0 fully saturated rings. The molecule has 94 valence electrons. The van der Waals surface area contributed by atoms with Gasteiger partial charge in [0.05, 0.1) is 5.60 Å². The molecule has 0 atom stereocenters. The summed E-state index contributed by atoms with van der Waals surface area (Å²) in [6.45, 7) is 6.29. The second kappa shape index (κ2) is 5.49. The van der Waals surface area contributed by atoms with E-state index in [-0.39, 0.29) is 5.60 Å². The van der Waals surface area contributed by atoms with Crippen LogP contribution in [0.5, 0.6) is 0 Å². The standard InChI is InChI=1S/C12H17ClN2O2/c1-12(2,3)17-15-7-9-5-4-8(11(14)16)6-10(9)13/h4-6,15H,7H2,1-3H3,(H2,14,16). The normalized spacial score (nSPS) is 11.5. The van der Waals surface area contributed by atoms with E-state index >= 15 is 0 Å². The van der Waals surface area contributed by atoms with Crippen LogP contribution in [0.1, 0.15) is 36.7 Å². The summed E-state index contributed by atoms with van der Waals surface area (Å²) in [5.74, 6) is -0.489. The highest BCUT2D eigenvalue weighted by Gasteiger charge is 2.11. The molecule has 3 N–H and O–H groups in total. The van der Waals surface area contributed by atoms with Gasteiger partial charge in [0.25, 0.3) is 0 Å². The zero-order valence-electron chi connectivity index (χ0n) is 10.2. The lowest BCUT2D eigenvalue weighted by Crippen LogP contribution is -2.28. The van der Waals surface area contributed by atoms with Gasteiger partial charge in [-0.05, 0) is 38.5 Å². The smallest absolute Gasteiger partial charge is 0.248 e. The molecule has 0 aliphatic heterocycles. The molecule has 0 spiro atoms. The van der Waals surface area contributed by atoms with E-state index in [0.29, 0.717) is 17.1 Å². The predicted octanol–water partition coefficient (Wildman–Crippen LogP) is 2.26. The fourth-order valence-electron chi connectivity index (χ4n) is 1.17. The minimum Gasteiger partial charge on any atom is -0.366 e. The van der Waals surface area contributed by atoms with Gasteiger partial charge in [-0.25, -0.2) is 0 Å². The molecule has 17 heavy (non-hydrogen) atoms. The number of hydrogen-bond donors (Lipinski definition) is 2. The van der Waals surface area contributed by atoms with Gasteiger partial charge < -0.3 is 5.73 Å². The van der Waals surface area contributed by atoms with Gasteiger partial charge in [-0.15, -0.1) is 0 Å². The van der Waals surface area contributed by atoms with Crippen LogP contribution >= 0.6 is 11.6 Å². The van der Waals surface area contributed by atoms with Crippen LogP contribution in [0.2, 0.25) is 5.02 Å². The Morgan fingerprint density at radius 2 is 2.12 bits per heavy atom. The second-order valence-corrected chi connectivity index (χ2v) is 5.11. The van der Waals surface area contributed by atoms with E-state index in [1.165, 1.54) is 0 Å². The summed E-state index contributed by atoms with van der Waals surface area (Å²) in [5, 5.41) is 0.492. The molecule has 0 saturated heterocycles. The fraction of sp³-hybridized carbons (Fsp3) is 0.417. The third kappa shape index (κ3) is 4.73. The third-order valence-electron chi connectivity index (χ3n) is 1.98. The molecule has 4 nitrogen and oxygen atoms in total. The number of benzene rings is 1. The Morgan fingerprint density at radius 3 is 2.59 bits per heavy atom. The van der Waals surface area contributed by atoms with Crippen molar-refractivity contribution in [2.75, 3.05) is 0 Å². The van der Waals surface area contributed by atoms with Gasteiger partial charge in [0.15, 0.2) is 0 Å². The molecular weight excluding hydrogens is 240 g/mol. The van der Waals surface area contributed by atoms with E-state index in [4.69, 9.17) is 22.2 Å². The Balaban J connectivity index is 2.64. The van der Waals surface area contributed by atoms with Crippen LogP contribution in [0, 0.1) is 0 Å². The molecule has 1 amide bonds. The van der Waals surface area contributed by atoms with Crippen molar-refractivity contribution in [2.45, 2.75) is 32.9 Å². The number of rotatable bonds is 4. The summed E-state index contributed by atoms with van der Waals surface area (Å²) in [4.78, 5) is 16.3. The summed E-state index contributed by atoms with van der Waals surface area (Å²) < 4.78 is 0. The molecule has 1 aromatic carbocycles. The maximum atomic E-state index is 10.9. The van der Waals surface area contributed by atoms with Crippen LogP contribution in [0.15, 0.2) is 18.2 Å². The van der Waals surface area contributed by atoms with Crippen LogP contribution in [0.25, 0.3) is 0 Å². The largest absolute Gasteiger partial charge is 0.366 e. The molecule has 0 aliphatic rings. The van der Waals surface area contributed by atoms with Crippen LogP contribution in [0.3, 0.4) is 0 Å². The molecule has 0 radical (unpaired) electrons. The van der Waals surface area contributed by atoms with Crippen molar-refractivity contribution in [2.24, 2.45) is 5.73 Å². The molecule has 0 saturated carbocycles. The molecule has 0 unspecified atom stereocenters. The van der Waals surface area contributed by atoms with E-state index in [1.807, 2.05) is 20.8 Å². The lowest BCUT2D eigenvalue weighted by molar-refractivity contribution is -0.0757. The van der Waals surface area contributed by atoms with Gasteiger partial charge in [-0.1, -0.05) is 17.7 Å². The van der Waals surface area contributed by atoms with Gasteiger partial charge in [0.1, 0.15) is 0 Å². The Labute approximate surface area is 106 Å². The van der Waals surface area contributed by atoms with Crippen LogP contribution < -0.4 is 11.2 Å². The quantitative estimate of drug-likeness (QED) is 0.813. The second-order valence-electron chi connectivity index (χ2n) is 4.71. The first-order chi connectivity index (χ1) is 7.79. The highest BCUT2D eigenvalue weighted by atomic mass is 35.5. The average Bonchev–Trinajstić information content (AvgIpc) is 2.18. The number of amides is 1. The maximum Gasteiger partial charge on any atom is 0.248 e. The van der Waals surface area contributed by atoms with Gasteiger partial charge >= 0.3 is 0 Å². The van der Waals surface area contributed by atoms with Crippen molar-refractivity contribution >= 4 is 17.5 Å². The van der Waals surface area contributed by atoms with Crippen LogP contribution in [0.4, 0.5) is 0 Å². The highest BCUT2D eigenvalue weighted by Crippen LogP contribution is 2.18. The van der Waals surface area contributed by atoms with Gasteiger partial charge in [-0.2, -0.15) is 5.48 Å². The van der Waals surface area contributed by atoms with E-state index in [0.717, 1.165) is 5.56 Å². The van der Waals surface area contributed by atoms with E-state index in [1.54, 1.807) is 18.2 Å². The molecule has 1 rings (SSSR count). The van der Waals surface area contributed by atoms with Crippen molar-refractivity contribution in [3.8, 4) is 0 Å².